The van der Waals surface area contributed by atoms with Crippen molar-refractivity contribution in [2.45, 2.75) is 40.5 Å². The maximum absolute atomic E-state index is 11.9. The molecule has 0 radical (unpaired) electrons. The van der Waals surface area contributed by atoms with E-state index in [4.69, 9.17) is 14.1 Å². The Morgan fingerprint density at radius 1 is 1.12 bits per heavy atom. The van der Waals surface area contributed by atoms with E-state index in [-0.39, 0.29) is 11.8 Å². The van der Waals surface area contributed by atoms with Gasteiger partial charge in [-0.1, -0.05) is 27.7 Å². The van der Waals surface area contributed by atoms with Crippen molar-refractivity contribution in [2.24, 2.45) is 5.92 Å². The zero-order chi connectivity index (χ0) is 18.2. The second kappa shape index (κ2) is 9.05. The van der Waals surface area contributed by atoms with Crippen LogP contribution in [0.2, 0.25) is 0 Å². The molecular weight excluding hydrogens is 322 g/mol. The third-order valence-electron chi connectivity index (χ3n) is 3.40. The minimum absolute atomic E-state index is 0.151. The molecule has 2 aromatic rings. The molecule has 0 unspecified atom stereocenters. The van der Waals surface area contributed by atoms with Gasteiger partial charge >= 0.3 is 0 Å². The van der Waals surface area contributed by atoms with Crippen molar-refractivity contribution in [1.82, 2.24) is 10.3 Å². The third-order valence-corrected chi connectivity index (χ3v) is 3.40. The average molecular weight is 347 g/mol. The summed E-state index contributed by atoms with van der Waals surface area (Å²) < 4.78 is 16.3. The first kappa shape index (κ1) is 18.8. The van der Waals surface area contributed by atoms with Gasteiger partial charge in [0.1, 0.15) is 0 Å². The molecule has 0 bridgehead atoms. The molecule has 0 fully saturated rings. The zero-order valence-corrected chi connectivity index (χ0v) is 15.2. The fourth-order valence-electron chi connectivity index (χ4n) is 2.03. The summed E-state index contributed by atoms with van der Waals surface area (Å²) in [7, 11) is 0. The number of rotatable bonds is 9. The van der Waals surface area contributed by atoms with Crippen LogP contribution in [0.15, 0.2) is 22.8 Å². The molecule has 1 heterocycles. The molecule has 0 aliphatic heterocycles. The van der Waals surface area contributed by atoms with E-state index in [9.17, 15) is 4.79 Å². The van der Waals surface area contributed by atoms with Crippen LogP contribution in [0.3, 0.4) is 0 Å². The summed E-state index contributed by atoms with van der Waals surface area (Å²) in [6.07, 6.45) is 1.80. The van der Waals surface area contributed by atoms with Crippen LogP contribution in [0, 0.1) is 5.92 Å². The van der Waals surface area contributed by atoms with Crippen molar-refractivity contribution in [1.29, 1.82) is 0 Å². The van der Waals surface area contributed by atoms with Crippen LogP contribution in [-0.2, 0) is 4.79 Å². The van der Waals surface area contributed by atoms with E-state index in [1.165, 1.54) is 0 Å². The topological polar surface area (TPSA) is 86.5 Å². The lowest BCUT2D eigenvalue weighted by Crippen LogP contribution is -2.18. The molecule has 0 aliphatic rings. The van der Waals surface area contributed by atoms with Gasteiger partial charge in [-0.25, -0.2) is 4.63 Å². The quantitative estimate of drug-likeness (QED) is 0.740. The molecule has 1 aromatic carbocycles. The van der Waals surface area contributed by atoms with Crippen LogP contribution in [0.4, 0.5) is 5.82 Å². The largest absolute Gasteiger partial charge is 0.490 e. The lowest BCUT2D eigenvalue weighted by Gasteiger charge is -2.13. The van der Waals surface area contributed by atoms with E-state index in [1.807, 2.05) is 32.0 Å². The van der Waals surface area contributed by atoms with Crippen molar-refractivity contribution >= 4 is 11.7 Å². The van der Waals surface area contributed by atoms with Crippen molar-refractivity contribution in [3.8, 4) is 22.8 Å². The van der Waals surface area contributed by atoms with E-state index in [0.29, 0.717) is 36.2 Å². The number of anilines is 1. The van der Waals surface area contributed by atoms with Crippen molar-refractivity contribution in [3.63, 3.8) is 0 Å². The standard InChI is InChI=1S/C18H25N3O4/c1-5-9-23-14-8-7-13(11-15(14)24-10-6-2)16-17(21-25-20-16)19-18(22)12(3)4/h7-8,11-12H,5-6,9-10H2,1-4H3,(H,19,21,22). The van der Waals surface area contributed by atoms with E-state index in [1.54, 1.807) is 13.8 Å². The highest BCUT2D eigenvalue weighted by Crippen LogP contribution is 2.34. The normalized spacial score (nSPS) is 10.8. The van der Waals surface area contributed by atoms with Crippen LogP contribution in [0.25, 0.3) is 11.3 Å². The van der Waals surface area contributed by atoms with Gasteiger partial charge in [0.2, 0.25) is 11.7 Å². The fourth-order valence-corrected chi connectivity index (χ4v) is 2.03. The van der Waals surface area contributed by atoms with Crippen LogP contribution in [0.1, 0.15) is 40.5 Å². The lowest BCUT2D eigenvalue weighted by atomic mass is 10.1. The first-order valence-corrected chi connectivity index (χ1v) is 8.60. The second-order valence-corrected chi connectivity index (χ2v) is 5.96. The molecular formula is C18H25N3O4. The van der Waals surface area contributed by atoms with E-state index in [2.05, 4.69) is 15.6 Å². The maximum atomic E-state index is 11.9. The van der Waals surface area contributed by atoms with Gasteiger partial charge in [-0.15, -0.1) is 0 Å². The summed E-state index contributed by atoms with van der Waals surface area (Å²) >= 11 is 0. The summed E-state index contributed by atoms with van der Waals surface area (Å²) in [6, 6.07) is 5.50. The highest BCUT2D eigenvalue weighted by atomic mass is 16.6. The molecule has 1 N–H and O–H groups in total. The minimum Gasteiger partial charge on any atom is -0.490 e. The third kappa shape index (κ3) is 4.95. The Balaban J connectivity index is 2.30. The second-order valence-electron chi connectivity index (χ2n) is 5.96. The van der Waals surface area contributed by atoms with Crippen LogP contribution < -0.4 is 14.8 Å². The fraction of sp³-hybridized carbons (Fsp3) is 0.500. The van der Waals surface area contributed by atoms with E-state index >= 15 is 0 Å². The monoisotopic (exact) mass is 347 g/mol. The van der Waals surface area contributed by atoms with Crippen molar-refractivity contribution in [3.05, 3.63) is 18.2 Å². The number of amides is 1. The molecule has 0 saturated carbocycles. The number of hydrogen-bond acceptors (Lipinski definition) is 6. The number of hydrogen-bond donors (Lipinski definition) is 1. The number of nitrogens with zero attached hydrogens (tertiary/aromatic N) is 2. The smallest absolute Gasteiger partial charge is 0.228 e. The first-order chi connectivity index (χ1) is 12.1. The van der Waals surface area contributed by atoms with Gasteiger partial charge in [-0.3, -0.25) is 4.79 Å². The number of carbonyl (C=O) groups is 1. The van der Waals surface area contributed by atoms with E-state index in [0.717, 1.165) is 18.4 Å². The number of aromatic nitrogens is 2. The number of benzene rings is 1. The molecule has 7 heteroatoms. The Morgan fingerprint density at radius 3 is 2.44 bits per heavy atom. The molecule has 0 saturated heterocycles. The van der Waals surface area contributed by atoms with Gasteiger partial charge in [0, 0.05) is 11.5 Å². The molecule has 7 nitrogen and oxygen atoms in total. The Kier molecular flexibility index (Phi) is 6.80. The first-order valence-electron chi connectivity index (χ1n) is 8.60. The average Bonchev–Trinajstić information content (AvgIpc) is 3.06. The maximum Gasteiger partial charge on any atom is 0.228 e. The zero-order valence-electron chi connectivity index (χ0n) is 15.2. The SMILES string of the molecule is CCCOc1ccc(-c2nonc2NC(=O)C(C)C)cc1OCCC. The number of nitrogens with one attached hydrogen (secondary N) is 1. The Labute approximate surface area is 147 Å². The van der Waals surface area contributed by atoms with Gasteiger partial charge in [-0.2, -0.15) is 0 Å². The molecule has 25 heavy (non-hydrogen) atoms. The van der Waals surface area contributed by atoms with Gasteiger partial charge < -0.3 is 14.8 Å². The Morgan fingerprint density at radius 2 is 1.80 bits per heavy atom. The summed E-state index contributed by atoms with van der Waals surface area (Å²) in [5.41, 5.74) is 1.19. The molecule has 0 atom stereocenters. The highest BCUT2D eigenvalue weighted by molar-refractivity contribution is 5.94. The molecule has 0 spiro atoms. The molecule has 2 rings (SSSR count). The van der Waals surface area contributed by atoms with Gasteiger partial charge in [0.25, 0.3) is 0 Å². The lowest BCUT2D eigenvalue weighted by molar-refractivity contribution is -0.118. The predicted octanol–water partition coefficient (Wildman–Crippen LogP) is 3.91. The molecule has 1 aromatic heterocycles. The summed E-state index contributed by atoms with van der Waals surface area (Å²) in [5.74, 6) is 1.29. The van der Waals surface area contributed by atoms with Gasteiger partial charge in [-0.05, 0) is 41.4 Å². The summed E-state index contributed by atoms with van der Waals surface area (Å²) in [6.45, 7) is 8.89. The molecule has 136 valence electrons. The van der Waals surface area contributed by atoms with Crippen LogP contribution in [-0.4, -0.2) is 29.4 Å². The van der Waals surface area contributed by atoms with Crippen molar-refractivity contribution in [2.75, 3.05) is 18.5 Å². The number of carbonyl (C=O) groups excluding carboxylic acids is 1. The molecule has 0 aliphatic carbocycles. The Bertz CT molecular complexity index is 697. The predicted molar refractivity (Wildman–Crippen MR) is 94.8 cm³/mol. The Hall–Kier alpha value is -2.57. The summed E-state index contributed by atoms with van der Waals surface area (Å²) in [4.78, 5) is 11.9. The van der Waals surface area contributed by atoms with Crippen LogP contribution in [0.5, 0.6) is 11.5 Å². The van der Waals surface area contributed by atoms with Gasteiger partial charge in [0.15, 0.2) is 17.2 Å². The highest BCUT2D eigenvalue weighted by Gasteiger charge is 2.18. The molecule has 1 amide bonds. The van der Waals surface area contributed by atoms with Crippen LogP contribution >= 0.6 is 0 Å². The summed E-state index contributed by atoms with van der Waals surface area (Å²) in [5, 5.41) is 10.4. The van der Waals surface area contributed by atoms with E-state index < -0.39 is 0 Å². The number of ether oxygens (including phenoxy) is 2. The minimum atomic E-state index is -0.169. The van der Waals surface area contributed by atoms with Gasteiger partial charge in [0.05, 0.1) is 13.2 Å². The van der Waals surface area contributed by atoms with Crippen molar-refractivity contribution < 1.29 is 18.9 Å².